The molecule has 40 heavy (non-hydrogen) atoms. The Bertz CT molecular complexity index is 1950. The maximum absolute atomic E-state index is 2.49. The van der Waals surface area contributed by atoms with E-state index < -0.39 is 0 Å². The second-order valence-electron chi connectivity index (χ2n) is 11.0. The SMILES string of the molecule is CC1(C)c2ccccc2-c2ccc(N(c3cccc4c3Sc3ccccc3S4)c3cccc4ccccc34)cc21. The van der Waals surface area contributed by atoms with Crippen LogP contribution < -0.4 is 4.90 Å². The Labute approximate surface area is 243 Å². The van der Waals surface area contributed by atoms with Crippen molar-refractivity contribution in [2.24, 2.45) is 0 Å². The van der Waals surface area contributed by atoms with Crippen molar-refractivity contribution in [1.29, 1.82) is 0 Å². The maximum atomic E-state index is 2.49. The first-order valence-corrected chi connectivity index (χ1v) is 15.3. The van der Waals surface area contributed by atoms with Crippen LogP contribution in [0.3, 0.4) is 0 Å². The van der Waals surface area contributed by atoms with Gasteiger partial charge in [-0.05, 0) is 70.1 Å². The number of rotatable bonds is 3. The van der Waals surface area contributed by atoms with Crippen molar-refractivity contribution in [3.05, 3.63) is 139 Å². The molecule has 2 aliphatic rings. The maximum Gasteiger partial charge on any atom is 0.0612 e. The normalized spacial score (nSPS) is 14.2. The third kappa shape index (κ3) is 3.58. The minimum Gasteiger partial charge on any atom is -0.309 e. The van der Waals surface area contributed by atoms with E-state index in [0.29, 0.717) is 0 Å². The summed E-state index contributed by atoms with van der Waals surface area (Å²) in [5, 5.41) is 2.50. The van der Waals surface area contributed by atoms with E-state index in [0.717, 1.165) is 0 Å². The molecule has 0 bridgehead atoms. The zero-order valence-corrected chi connectivity index (χ0v) is 24.0. The molecule has 3 heteroatoms. The van der Waals surface area contributed by atoms with Crippen molar-refractivity contribution in [3.8, 4) is 11.1 Å². The van der Waals surface area contributed by atoms with Crippen LogP contribution in [0, 0.1) is 0 Å². The summed E-state index contributed by atoms with van der Waals surface area (Å²) in [4.78, 5) is 7.74. The largest absolute Gasteiger partial charge is 0.309 e. The van der Waals surface area contributed by atoms with E-state index >= 15 is 0 Å². The summed E-state index contributed by atoms with van der Waals surface area (Å²) in [5.74, 6) is 0. The van der Waals surface area contributed by atoms with Gasteiger partial charge >= 0.3 is 0 Å². The number of hydrogen-bond donors (Lipinski definition) is 0. The van der Waals surface area contributed by atoms with Crippen molar-refractivity contribution >= 4 is 51.4 Å². The van der Waals surface area contributed by atoms with Gasteiger partial charge in [-0.25, -0.2) is 0 Å². The van der Waals surface area contributed by atoms with E-state index in [2.05, 4.69) is 146 Å². The summed E-state index contributed by atoms with van der Waals surface area (Å²) in [6, 6.07) is 46.8. The van der Waals surface area contributed by atoms with Crippen LogP contribution in [0.4, 0.5) is 17.1 Å². The van der Waals surface area contributed by atoms with Crippen LogP contribution in [-0.2, 0) is 5.41 Å². The van der Waals surface area contributed by atoms with E-state index in [1.807, 2.05) is 23.5 Å². The topological polar surface area (TPSA) is 3.24 Å². The average molecular weight is 550 g/mol. The predicted octanol–water partition coefficient (Wildman–Crippen LogP) is 11.2. The first kappa shape index (κ1) is 23.9. The monoisotopic (exact) mass is 549 g/mol. The summed E-state index contributed by atoms with van der Waals surface area (Å²) in [6.45, 7) is 4.72. The van der Waals surface area contributed by atoms with E-state index in [9.17, 15) is 0 Å². The van der Waals surface area contributed by atoms with Gasteiger partial charge in [-0.2, -0.15) is 0 Å². The van der Waals surface area contributed by atoms with Gasteiger partial charge in [0.05, 0.1) is 16.3 Å². The summed E-state index contributed by atoms with van der Waals surface area (Å²) in [7, 11) is 0. The first-order valence-electron chi connectivity index (χ1n) is 13.7. The molecule has 0 fully saturated rings. The Balaban J connectivity index is 1.38. The van der Waals surface area contributed by atoms with Crippen LogP contribution in [-0.4, -0.2) is 0 Å². The molecular formula is C37H27NS2. The smallest absolute Gasteiger partial charge is 0.0612 e. The Morgan fingerprint density at radius 1 is 0.525 bits per heavy atom. The molecule has 1 nitrogen and oxygen atoms in total. The summed E-state index contributed by atoms with van der Waals surface area (Å²) >= 11 is 3.76. The zero-order chi connectivity index (χ0) is 26.8. The highest BCUT2D eigenvalue weighted by molar-refractivity contribution is 8.05. The Morgan fingerprint density at radius 3 is 2.08 bits per heavy atom. The molecule has 0 atom stereocenters. The van der Waals surface area contributed by atoms with Crippen molar-refractivity contribution in [3.63, 3.8) is 0 Å². The minimum absolute atomic E-state index is 0.0635. The van der Waals surface area contributed by atoms with E-state index in [1.54, 1.807) is 0 Å². The minimum atomic E-state index is -0.0635. The van der Waals surface area contributed by atoms with Gasteiger partial charge in [-0.3, -0.25) is 0 Å². The van der Waals surface area contributed by atoms with Crippen LogP contribution >= 0.6 is 23.5 Å². The molecule has 0 amide bonds. The second-order valence-corrected chi connectivity index (χ2v) is 13.1. The highest BCUT2D eigenvalue weighted by Gasteiger charge is 2.36. The Kier molecular flexibility index (Phi) is 5.42. The number of anilines is 3. The number of fused-ring (bicyclic) bond motifs is 6. The average Bonchev–Trinajstić information content (AvgIpc) is 3.23. The molecule has 6 aromatic carbocycles. The van der Waals surface area contributed by atoms with Crippen molar-refractivity contribution in [1.82, 2.24) is 0 Å². The molecule has 0 spiro atoms. The van der Waals surface area contributed by atoms with Gasteiger partial charge in [0.2, 0.25) is 0 Å². The molecule has 0 aromatic heterocycles. The van der Waals surface area contributed by atoms with E-state index in [-0.39, 0.29) is 5.41 Å². The highest BCUT2D eigenvalue weighted by Crippen LogP contribution is 2.55. The quantitative estimate of drug-likeness (QED) is 0.216. The first-order chi connectivity index (χ1) is 19.6. The van der Waals surface area contributed by atoms with Crippen molar-refractivity contribution < 1.29 is 0 Å². The molecule has 0 saturated heterocycles. The molecule has 192 valence electrons. The predicted molar refractivity (Wildman–Crippen MR) is 171 cm³/mol. The second kappa shape index (κ2) is 9.05. The van der Waals surface area contributed by atoms with Gasteiger partial charge in [0.15, 0.2) is 0 Å². The standard InChI is InChI=1S/C37H27NS2/c1-37(2)29-15-6-5-14-27(29)28-22-21-25(23-30(28)37)38(31-16-9-12-24-11-3-4-13-26(24)31)32-17-10-20-35-36(32)40-34-19-8-7-18-33(34)39-35/h3-23H,1-2H3. The van der Waals surface area contributed by atoms with E-state index in [1.165, 1.54) is 69.7 Å². The van der Waals surface area contributed by atoms with Crippen LogP contribution in [0.2, 0.25) is 0 Å². The molecule has 1 aliphatic carbocycles. The lowest BCUT2D eigenvalue weighted by Crippen LogP contribution is -2.17. The molecule has 6 aromatic rings. The summed E-state index contributed by atoms with van der Waals surface area (Å²) in [6.07, 6.45) is 0. The van der Waals surface area contributed by atoms with Gasteiger partial charge in [0.25, 0.3) is 0 Å². The molecule has 0 N–H and O–H groups in total. The lowest BCUT2D eigenvalue weighted by molar-refractivity contribution is 0.660. The lowest BCUT2D eigenvalue weighted by atomic mass is 9.82. The van der Waals surface area contributed by atoms with Crippen LogP contribution in [0.15, 0.2) is 147 Å². The molecule has 1 heterocycles. The zero-order valence-electron chi connectivity index (χ0n) is 22.4. The van der Waals surface area contributed by atoms with Crippen molar-refractivity contribution in [2.45, 2.75) is 38.8 Å². The fraction of sp³-hybridized carbons (Fsp3) is 0.0811. The fourth-order valence-corrected chi connectivity index (χ4v) is 8.72. The van der Waals surface area contributed by atoms with Gasteiger partial charge in [0.1, 0.15) is 0 Å². The van der Waals surface area contributed by atoms with E-state index in [4.69, 9.17) is 0 Å². The van der Waals surface area contributed by atoms with Crippen LogP contribution in [0.5, 0.6) is 0 Å². The highest BCUT2D eigenvalue weighted by atomic mass is 32.2. The van der Waals surface area contributed by atoms with Gasteiger partial charge in [0, 0.05) is 31.2 Å². The number of hydrogen-bond acceptors (Lipinski definition) is 3. The summed E-state index contributed by atoms with van der Waals surface area (Å²) < 4.78 is 0. The fourth-order valence-electron chi connectivity index (χ4n) is 6.35. The number of nitrogens with zero attached hydrogens (tertiary/aromatic N) is 1. The van der Waals surface area contributed by atoms with Gasteiger partial charge in [-0.1, -0.05) is 122 Å². The number of benzene rings is 6. The van der Waals surface area contributed by atoms with Gasteiger partial charge < -0.3 is 4.90 Å². The van der Waals surface area contributed by atoms with Crippen LogP contribution in [0.25, 0.3) is 21.9 Å². The molecule has 1 aliphatic heterocycles. The molecule has 0 radical (unpaired) electrons. The van der Waals surface area contributed by atoms with Crippen molar-refractivity contribution in [2.75, 3.05) is 4.90 Å². The summed E-state index contributed by atoms with van der Waals surface area (Å²) in [5.41, 5.74) is 9.02. The molecule has 0 unspecified atom stereocenters. The molecular weight excluding hydrogens is 523 g/mol. The molecule has 0 saturated carbocycles. The van der Waals surface area contributed by atoms with Crippen LogP contribution in [0.1, 0.15) is 25.0 Å². The molecule has 8 rings (SSSR count). The third-order valence-corrected chi connectivity index (χ3v) is 10.9. The van der Waals surface area contributed by atoms with Gasteiger partial charge in [-0.15, -0.1) is 0 Å². The Morgan fingerprint density at radius 2 is 1.18 bits per heavy atom. The third-order valence-electron chi connectivity index (χ3n) is 8.31. The Hall–Kier alpha value is -3.92. The lowest BCUT2D eigenvalue weighted by Gasteiger charge is -2.32.